The Morgan fingerprint density at radius 1 is 1.50 bits per heavy atom. The summed E-state index contributed by atoms with van der Waals surface area (Å²) in [6.45, 7) is 0. The van der Waals surface area contributed by atoms with Gasteiger partial charge >= 0.3 is 0 Å². The summed E-state index contributed by atoms with van der Waals surface area (Å²) >= 11 is 6.60. The number of rotatable bonds is 2. The molecule has 0 radical (unpaired) electrons. The molecule has 1 aliphatic carbocycles. The Morgan fingerprint density at radius 3 is 2.93 bits per heavy atom. The Bertz CT molecular complexity index is 305. The van der Waals surface area contributed by atoms with Gasteiger partial charge in [-0.25, -0.2) is 4.31 Å². The molecule has 1 saturated heterocycles. The maximum Gasteiger partial charge on any atom is 0.247 e. The van der Waals surface area contributed by atoms with Gasteiger partial charge < -0.3 is 0 Å². The van der Waals surface area contributed by atoms with Crippen LogP contribution in [-0.2, 0) is 9.59 Å². The third-order valence-corrected chi connectivity index (χ3v) is 3.61. The highest BCUT2D eigenvalue weighted by atomic mass is 35.5. The van der Waals surface area contributed by atoms with Crippen LogP contribution < -0.4 is 0 Å². The van der Waals surface area contributed by atoms with Crippen LogP contribution in [-0.4, -0.2) is 21.3 Å². The fraction of sp³-hybridized carbons (Fsp3) is 0.556. The molecule has 2 aliphatic rings. The highest BCUT2D eigenvalue weighted by molar-refractivity contribution is 7.99. The van der Waals surface area contributed by atoms with Crippen molar-refractivity contribution in [3.63, 3.8) is 0 Å². The number of imide groups is 1. The molecule has 0 bridgehead atoms. The highest BCUT2D eigenvalue weighted by Crippen LogP contribution is 2.37. The number of alkyl halides is 1. The number of carbonyl (C=O) groups excluding carboxylic acids is 2. The lowest BCUT2D eigenvalue weighted by molar-refractivity contribution is -0.133. The van der Waals surface area contributed by atoms with Crippen LogP contribution >= 0.6 is 23.5 Å². The first-order chi connectivity index (χ1) is 6.75. The van der Waals surface area contributed by atoms with Crippen molar-refractivity contribution in [2.45, 2.75) is 12.8 Å². The fourth-order valence-corrected chi connectivity index (χ4v) is 2.84. The second kappa shape index (κ2) is 3.95. The van der Waals surface area contributed by atoms with Crippen molar-refractivity contribution in [3.05, 3.63) is 12.2 Å². The van der Waals surface area contributed by atoms with Gasteiger partial charge in [-0.3, -0.25) is 9.59 Å². The summed E-state index contributed by atoms with van der Waals surface area (Å²) in [5.41, 5.74) is 0. The van der Waals surface area contributed by atoms with Crippen LogP contribution in [0.3, 0.4) is 0 Å². The van der Waals surface area contributed by atoms with E-state index in [4.69, 9.17) is 11.6 Å². The maximum atomic E-state index is 11.7. The predicted molar refractivity (Wildman–Crippen MR) is 55.5 cm³/mol. The molecular weight excluding hydrogens is 222 g/mol. The normalized spacial score (nSPS) is 31.1. The van der Waals surface area contributed by atoms with Crippen molar-refractivity contribution in [3.8, 4) is 0 Å². The van der Waals surface area contributed by atoms with Gasteiger partial charge in [-0.05, 0) is 24.8 Å². The van der Waals surface area contributed by atoms with Gasteiger partial charge in [0.05, 0.1) is 17.0 Å². The van der Waals surface area contributed by atoms with Crippen LogP contribution in [0.4, 0.5) is 0 Å². The van der Waals surface area contributed by atoms with Gasteiger partial charge in [0.15, 0.2) is 0 Å². The predicted octanol–water partition coefficient (Wildman–Crippen LogP) is 1.78. The third kappa shape index (κ3) is 1.46. The first-order valence-corrected chi connectivity index (χ1v) is 5.96. The van der Waals surface area contributed by atoms with E-state index in [1.165, 1.54) is 4.31 Å². The molecule has 14 heavy (non-hydrogen) atoms. The van der Waals surface area contributed by atoms with Crippen LogP contribution in [0, 0.1) is 11.8 Å². The minimum atomic E-state index is -0.230. The molecule has 2 amide bonds. The number of halogens is 1. The van der Waals surface area contributed by atoms with E-state index in [2.05, 4.69) is 0 Å². The summed E-state index contributed by atoms with van der Waals surface area (Å²) in [7, 11) is 0. The van der Waals surface area contributed by atoms with Gasteiger partial charge in [-0.15, -0.1) is 11.6 Å². The van der Waals surface area contributed by atoms with E-state index >= 15 is 0 Å². The largest absolute Gasteiger partial charge is 0.273 e. The Kier molecular flexibility index (Phi) is 2.83. The Hall–Kier alpha value is -0.480. The quantitative estimate of drug-likeness (QED) is 0.315. The Balaban J connectivity index is 2.22. The van der Waals surface area contributed by atoms with Gasteiger partial charge in [0.25, 0.3) is 0 Å². The number of allylic oxidation sites excluding steroid dienone is 1. The minimum Gasteiger partial charge on any atom is -0.273 e. The maximum absolute atomic E-state index is 11.7. The Morgan fingerprint density at radius 2 is 2.29 bits per heavy atom. The molecule has 1 aliphatic heterocycles. The van der Waals surface area contributed by atoms with E-state index in [1.54, 1.807) is 0 Å². The van der Waals surface area contributed by atoms with Crippen LogP contribution in [0.5, 0.6) is 0 Å². The first kappa shape index (κ1) is 10.1. The highest BCUT2D eigenvalue weighted by Gasteiger charge is 2.47. The average Bonchev–Trinajstić information content (AvgIpc) is 2.45. The molecule has 76 valence electrons. The van der Waals surface area contributed by atoms with Crippen molar-refractivity contribution >= 4 is 35.4 Å². The zero-order valence-corrected chi connectivity index (χ0v) is 9.05. The smallest absolute Gasteiger partial charge is 0.247 e. The minimum absolute atomic E-state index is 0.0741. The number of fused-ring (bicyclic) bond motifs is 1. The molecule has 1 fully saturated rings. The lowest BCUT2D eigenvalue weighted by Gasteiger charge is -2.14. The van der Waals surface area contributed by atoms with Crippen LogP contribution in [0.25, 0.3) is 0 Å². The summed E-state index contributed by atoms with van der Waals surface area (Å²) in [6, 6.07) is 0. The van der Waals surface area contributed by atoms with E-state index in [0.29, 0.717) is 0 Å². The topological polar surface area (TPSA) is 37.4 Å². The number of hydrogen-bond acceptors (Lipinski definition) is 3. The molecule has 1 heterocycles. The van der Waals surface area contributed by atoms with Crippen molar-refractivity contribution < 1.29 is 9.59 Å². The van der Waals surface area contributed by atoms with Gasteiger partial charge in [-0.1, -0.05) is 12.2 Å². The van der Waals surface area contributed by atoms with Gasteiger partial charge in [0.1, 0.15) is 0 Å². The average molecular weight is 232 g/mol. The van der Waals surface area contributed by atoms with E-state index in [9.17, 15) is 9.59 Å². The van der Waals surface area contributed by atoms with Crippen molar-refractivity contribution in [2.24, 2.45) is 11.8 Å². The molecule has 0 N–H and O–H groups in total. The number of amides is 2. The van der Waals surface area contributed by atoms with E-state index in [-0.39, 0.29) is 28.9 Å². The zero-order chi connectivity index (χ0) is 10.1. The van der Waals surface area contributed by atoms with Crippen molar-refractivity contribution in [1.82, 2.24) is 4.31 Å². The fourth-order valence-electron chi connectivity index (χ4n) is 1.93. The summed E-state index contributed by atoms with van der Waals surface area (Å²) in [6.07, 6.45) is 5.50. The second-order valence-electron chi connectivity index (χ2n) is 3.35. The lowest BCUT2D eigenvalue weighted by Crippen LogP contribution is -2.23. The summed E-state index contributed by atoms with van der Waals surface area (Å²) in [5.74, 6) is -0.549. The number of nitrogens with zero attached hydrogens (tertiary/aromatic N) is 1. The van der Waals surface area contributed by atoms with E-state index in [1.807, 2.05) is 12.2 Å². The molecule has 2 atom stereocenters. The molecule has 0 aromatic carbocycles. The molecule has 2 unspecified atom stereocenters. The van der Waals surface area contributed by atoms with Gasteiger partial charge in [0.2, 0.25) is 11.8 Å². The molecule has 2 rings (SSSR count). The zero-order valence-electron chi connectivity index (χ0n) is 7.48. The van der Waals surface area contributed by atoms with E-state index < -0.39 is 0 Å². The van der Waals surface area contributed by atoms with Crippen molar-refractivity contribution in [2.75, 3.05) is 5.21 Å². The van der Waals surface area contributed by atoms with Crippen molar-refractivity contribution in [1.29, 1.82) is 0 Å². The van der Waals surface area contributed by atoms with Gasteiger partial charge in [-0.2, -0.15) is 0 Å². The number of carbonyl (C=O) groups is 2. The number of hydrogen-bond donors (Lipinski definition) is 0. The SMILES string of the molecule is O=C1C2C=CCCC2C(=O)N1SCCl. The first-order valence-electron chi connectivity index (χ1n) is 4.49. The molecule has 0 aromatic heterocycles. The summed E-state index contributed by atoms with van der Waals surface area (Å²) in [5, 5.41) is 0.237. The molecule has 3 nitrogen and oxygen atoms in total. The third-order valence-electron chi connectivity index (χ3n) is 2.60. The van der Waals surface area contributed by atoms with Crippen LogP contribution in [0.2, 0.25) is 0 Å². The van der Waals surface area contributed by atoms with Crippen LogP contribution in [0.1, 0.15) is 12.8 Å². The molecule has 0 aromatic rings. The molecule has 0 spiro atoms. The summed E-state index contributed by atoms with van der Waals surface area (Å²) < 4.78 is 1.22. The standard InChI is InChI=1S/C9H10ClNO2S/c10-5-14-11-8(12)6-3-1-2-4-7(6)9(11)13/h1,3,6-7H,2,4-5H2. The van der Waals surface area contributed by atoms with Gasteiger partial charge in [0, 0.05) is 0 Å². The lowest BCUT2D eigenvalue weighted by atomic mass is 9.86. The monoisotopic (exact) mass is 231 g/mol. The second-order valence-corrected chi connectivity index (χ2v) is 4.84. The Labute approximate surface area is 91.6 Å². The molecule has 0 saturated carbocycles. The molecule has 5 heteroatoms. The molecular formula is C9H10ClNO2S. The summed E-state index contributed by atoms with van der Waals surface area (Å²) in [4.78, 5) is 23.4. The van der Waals surface area contributed by atoms with E-state index in [0.717, 1.165) is 24.8 Å². The van der Waals surface area contributed by atoms with Crippen LogP contribution in [0.15, 0.2) is 12.2 Å².